The van der Waals surface area contributed by atoms with Crippen molar-refractivity contribution < 1.29 is 9.21 Å². The lowest BCUT2D eigenvalue weighted by Crippen LogP contribution is -2.33. The number of nitrogens with zero attached hydrogens (tertiary/aromatic N) is 5. The second kappa shape index (κ2) is 8.35. The minimum atomic E-state index is -0.139. The van der Waals surface area contributed by atoms with Gasteiger partial charge in [-0.15, -0.1) is 0 Å². The third-order valence-corrected chi connectivity index (χ3v) is 6.45. The van der Waals surface area contributed by atoms with Gasteiger partial charge in [0.05, 0.1) is 23.3 Å². The molecule has 8 nitrogen and oxygen atoms in total. The molecule has 0 bridgehead atoms. The van der Waals surface area contributed by atoms with E-state index in [1.807, 2.05) is 31.3 Å². The van der Waals surface area contributed by atoms with Crippen LogP contribution in [0.15, 0.2) is 47.2 Å². The minimum absolute atomic E-state index is 0.139. The van der Waals surface area contributed by atoms with Gasteiger partial charge >= 0.3 is 0 Å². The summed E-state index contributed by atoms with van der Waals surface area (Å²) in [4.78, 5) is 28.7. The minimum Gasteiger partial charge on any atom is -0.449 e. The Morgan fingerprint density at radius 1 is 1.15 bits per heavy atom. The molecule has 1 N–H and O–H groups in total. The van der Waals surface area contributed by atoms with E-state index in [1.54, 1.807) is 13.3 Å². The first-order valence-corrected chi connectivity index (χ1v) is 11.3. The van der Waals surface area contributed by atoms with E-state index < -0.39 is 0 Å². The molecular weight excluding hydrogens is 416 g/mol. The fourth-order valence-electron chi connectivity index (χ4n) is 4.76. The number of rotatable bonds is 5. The molecule has 0 radical (unpaired) electrons. The van der Waals surface area contributed by atoms with Crippen LogP contribution in [-0.2, 0) is 6.54 Å². The molecule has 33 heavy (non-hydrogen) atoms. The highest BCUT2D eigenvalue weighted by atomic mass is 16.3. The molecule has 0 aliphatic carbocycles. The zero-order chi connectivity index (χ0) is 23.1. The number of aryl methyl sites for hydroxylation is 1. The monoisotopic (exact) mass is 444 g/mol. The van der Waals surface area contributed by atoms with Gasteiger partial charge in [-0.25, -0.2) is 15.0 Å². The van der Waals surface area contributed by atoms with Gasteiger partial charge in [-0.1, -0.05) is 0 Å². The van der Waals surface area contributed by atoms with Crippen LogP contribution >= 0.6 is 0 Å². The van der Waals surface area contributed by atoms with Gasteiger partial charge in [0.25, 0.3) is 5.91 Å². The second-order valence-corrected chi connectivity index (χ2v) is 8.75. The molecule has 1 fully saturated rings. The molecule has 1 aliphatic rings. The largest absolute Gasteiger partial charge is 0.449 e. The number of hydrogen-bond donors (Lipinski definition) is 1. The van der Waals surface area contributed by atoms with Gasteiger partial charge < -0.3 is 19.2 Å². The number of anilines is 1. The highest BCUT2D eigenvalue weighted by Gasteiger charge is 2.28. The summed E-state index contributed by atoms with van der Waals surface area (Å²) in [6, 6.07) is 10.7. The van der Waals surface area contributed by atoms with Crippen molar-refractivity contribution >= 4 is 22.8 Å². The third kappa shape index (κ3) is 3.86. The van der Waals surface area contributed by atoms with Crippen LogP contribution in [0, 0.1) is 6.92 Å². The van der Waals surface area contributed by atoms with E-state index in [2.05, 4.69) is 45.7 Å². The number of pyridine rings is 1. The average Bonchev–Trinajstić information content (AvgIpc) is 3.50. The maximum absolute atomic E-state index is 12.1. The van der Waals surface area contributed by atoms with Crippen molar-refractivity contribution in [3.8, 4) is 11.4 Å². The van der Waals surface area contributed by atoms with E-state index >= 15 is 0 Å². The molecule has 4 heterocycles. The zero-order valence-electron chi connectivity index (χ0n) is 19.4. The standard InChI is InChI=1S/C25H28N6O2/c1-15-5-6-16(2)31(15)23-10-8-19(12-27-23)24-29-21-11-18(25(32)26-4)7-9-22(21)30(24)13-20-14-33-17(3)28-20/h7-12,14-16H,5-6,13H2,1-4H3,(H,26,32)/t15-,16-/m0/s1. The van der Waals surface area contributed by atoms with Crippen LogP contribution in [0.2, 0.25) is 0 Å². The molecular formula is C25H28N6O2. The van der Waals surface area contributed by atoms with Crippen LogP contribution in [0.1, 0.15) is 48.6 Å². The molecule has 5 rings (SSSR count). The Hall–Kier alpha value is -3.68. The maximum atomic E-state index is 12.1. The van der Waals surface area contributed by atoms with Crippen molar-refractivity contribution in [3.05, 3.63) is 59.9 Å². The Balaban J connectivity index is 1.58. The lowest BCUT2D eigenvalue weighted by Gasteiger charge is -2.27. The predicted molar refractivity (Wildman–Crippen MR) is 127 cm³/mol. The number of carbonyl (C=O) groups is 1. The van der Waals surface area contributed by atoms with Gasteiger partial charge in [-0.2, -0.15) is 0 Å². The quantitative estimate of drug-likeness (QED) is 0.497. The number of nitrogens with one attached hydrogen (secondary N) is 1. The van der Waals surface area contributed by atoms with Crippen LogP contribution in [0.4, 0.5) is 5.82 Å². The Morgan fingerprint density at radius 2 is 1.94 bits per heavy atom. The average molecular weight is 445 g/mol. The first kappa shape index (κ1) is 21.2. The van der Waals surface area contributed by atoms with Gasteiger partial charge in [-0.05, 0) is 57.0 Å². The van der Waals surface area contributed by atoms with Gasteiger partial charge in [0.15, 0.2) is 5.89 Å². The normalized spacial score (nSPS) is 18.2. The molecule has 8 heteroatoms. The molecule has 0 unspecified atom stereocenters. The Bertz CT molecular complexity index is 1300. The lowest BCUT2D eigenvalue weighted by molar-refractivity contribution is 0.0963. The highest BCUT2D eigenvalue weighted by Crippen LogP contribution is 2.31. The summed E-state index contributed by atoms with van der Waals surface area (Å²) in [6.07, 6.45) is 5.93. The van der Waals surface area contributed by atoms with Crippen molar-refractivity contribution in [1.29, 1.82) is 0 Å². The zero-order valence-corrected chi connectivity index (χ0v) is 19.4. The summed E-state index contributed by atoms with van der Waals surface area (Å²) in [5, 5.41) is 2.67. The summed E-state index contributed by atoms with van der Waals surface area (Å²) in [6.45, 7) is 6.84. The first-order valence-electron chi connectivity index (χ1n) is 11.3. The molecule has 1 aliphatic heterocycles. The molecule has 1 amide bonds. The number of oxazole rings is 1. The van der Waals surface area contributed by atoms with E-state index in [1.165, 1.54) is 12.8 Å². The van der Waals surface area contributed by atoms with Gasteiger partial charge in [0.1, 0.15) is 17.9 Å². The third-order valence-electron chi connectivity index (χ3n) is 6.45. The summed E-state index contributed by atoms with van der Waals surface area (Å²) >= 11 is 0. The fourth-order valence-corrected chi connectivity index (χ4v) is 4.76. The van der Waals surface area contributed by atoms with Gasteiger partial charge in [0.2, 0.25) is 0 Å². The van der Waals surface area contributed by atoms with Crippen LogP contribution in [0.3, 0.4) is 0 Å². The van der Waals surface area contributed by atoms with E-state index in [0.29, 0.717) is 30.1 Å². The molecule has 1 aromatic carbocycles. The molecule has 0 saturated carbocycles. The number of carbonyl (C=O) groups excluding carboxylic acids is 1. The van der Waals surface area contributed by atoms with Gasteiger partial charge in [0, 0.05) is 43.4 Å². The molecule has 3 aromatic heterocycles. The van der Waals surface area contributed by atoms with Gasteiger partial charge in [-0.3, -0.25) is 4.79 Å². The summed E-state index contributed by atoms with van der Waals surface area (Å²) in [5.41, 5.74) is 3.97. The Kier molecular flexibility index (Phi) is 5.36. The smallest absolute Gasteiger partial charge is 0.251 e. The molecule has 1 saturated heterocycles. The topological polar surface area (TPSA) is 89.1 Å². The number of fused-ring (bicyclic) bond motifs is 1. The van der Waals surface area contributed by atoms with Crippen LogP contribution in [0.5, 0.6) is 0 Å². The van der Waals surface area contributed by atoms with Crippen molar-refractivity contribution in [1.82, 2.24) is 24.8 Å². The summed E-state index contributed by atoms with van der Waals surface area (Å²) < 4.78 is 7.51. The number of imidazole rings is 1. The Morgan fingerprint density at radius 3 is 2.58 bits per heavy atom. The molecule has 170 valence electrons. The van der Waals surface area contributed by atoms with Crippen molar-refractivity contribution in [2.45, 2.75) is 52.2 Å². The molecule has 2 atom stereocenters. The van der Waals surface area contributed by atoms with E-state index in [9.17, 15) is 4.79 Å². The second-order valence-electron chi connectivity index (χ2n) is 8.75. The summed E-state index contributed by atoms with van der Waals surface area (Å²) in [5.74, 6) is 2.26. The van der Waals surface area contributed by atoms with E-state index in [0.717, 1.165) is 33.9 Å². The molecule has 4 aromatic rings. The number of benzene rings is 1. The summed E-state index contributed by atoms with van der Waals surface area (Å²) in [7, 11) is 1.62. The Labute approximate surface area is 192 Å². The highest BCUT2D eigenvalue weighted by molar-refractivity contribution is 5.97. The van der Waals surface area contributed by atoms with Crippen LogP contribution < -0.4 is 10.2 Å². The predicted octanol–water partition coefficient (Wildman–Crippen LogP) is 4.18. The number of amides is 1. The van der Waals surface area contributed by atoms with Crippen molar-refractivity contribution in [2.75, 3.05) is 11.9 Å². The number of hydrogen-bond acceptors (Lipinski definition) is 6. The van der Waals surface area contributed by atoms with Crippen molar-refractivity contribution in [3.63, 3.8) is 0 Å². The van der Waals surface area contributed by atoms with Crippen molar-refractivity contribution in [2.24, 2.45) is 0 Å². The fraction of sp³-hybridized carbons (Fsp3) is 0.360. The lowest BCUT2D eigenvalue weighted by atomic mass is 10.2. The van der Waals surface area contributed by atoms with Crippen LogP contribution in [-0.4, -0.2) is 44.6 Å². The SMILES string of the molecule is CNC(=O)c1ccc2c(c1)nc(-c1ccc(N3[C@@H](C)CC[C@@H]3C)nc1)n2Cc1coc(C)n1. The maximum Gasteiger partial charge on any atom is 0.251 e. The van der Waals surface area contributed by atoms with E-state index in [-0.39, 0.29) is 5.91 Å². The molecule has 0 spiro atoms. The van der Waals surface area contributed by atoms with E-state index in [4.69, 9.17) is 14.4 Å². The van der Waals surface area contributed by atoms with Crippen LogP contribution in [0.25, 0.3) is 22.4 Å². The number of aromatic nitrogens is 4. The first-order chi connectivity index (χ1) is 15.9.